The van der Waals surface area contributed by atoms with Gasteiger partial charge in [0, 0.05) is 5.56 Å². The summed E-state index contributed by atoms with van der Waals surface area (Å²) in [5.41, 5.74) is 2.54. The second-order valence-corrected chi connectivity index (χ2v) is 6.05. The molecule has 0 bridgehead atoms. The minimum absolute atomic E-state index is 0.0425. The summed E-state index contributed by atoms with van der Waals surface area (Å²) < 4.78 is 4.82. The molecule has 0 aliphatic carbocycles. The summed E-state index contributed by atoms with van der Waals surface area (Å²) in [5.74, 6) is -0.740. The summed E-state index contributed by atoms with van der Waals surface area (Å²) >= 11 is 0. The molecule has 0 saturated heterocycles. The zero-order chi connectivity index (χ0) is 19.3. The van der Waals surface area contributed by atoms with Crippen molar-refractivity contribution < 1.29 is 24.5 Å². The number of methoxy groups -OCH3 is 1. The second kappa shape index (κ2) is 8.49. The number of carbonyl (C=O) groups excluding carboxylic acids is 2. The van der Waals surface area contributed by atoms with Gasteiger partial charge in [0.05, 0.1) is 25.8 Å². The van der Waals surface area contributed by atoms with Gasteiger partial charge < -0.3 is 14.9 Å². The van der Waals surface area contributed by atoms with Crippen molar-refractivity contribution in [2.75, 3.05) is 12.0 Å². The summed E-state index contributed by atoms with van der Waals surface area (Å²) in [6.07, 6.45) is 0.0425. The largest absolute Gasteiger partial charge is 0.508 e. The number of aromatic hydroxyl groups is 1. The smallest absolute Gasteiger partial charge is 0.328 e. The fourth-order valence-electron chi connectivity index (χ4n) is 2.88. The molecule has 0 saturated carbocycles. The molecule has 2 aromatic rings. The van der Waals surface area contributed by atoms with Crippen molar-refractivity contribution in [3.8, 4) is 5.75 Å². The van der Waals surface area contributed by atoms with Crippen molar-refractivity contribution in [1.82, 2.24) is 0 Å². The number of nitrogens with zero attached hydrogens (tertiary/aromatic N) is 1. The number of carbonyl (C=O) groups is 2. The Bertz CT molecular complexity index is 785. The standard InChI is InChI=1S/C20H23NO5/c1-13-5-4-6-16(12-22)19(13)21(14(2)20(25)26-3)18(24)11-15-7-9-17(23)10-8-15/h4-10,14,22-23H,11-12H2,1-3H3. The molecule has 1 atom stereocenters. The third-order valence-electron chi connectivity index (χ3n) is 4.22. The average Bonchev–Trinajstić information content (AvgIpc) is 2.64. The van der Waals surface area contributed by atoms with Crippen LogP contribution in [0, 0.1) is 6.92 Å². The second-order valence-electron chi connectivity index (χ2n) is 6.05. The molecule has 0 radical (unpaired) electrons. The van der Waals surface area contributed by atoms with Gasteiger partial charge in [-0.2, -0.15) is 0 Å². The number of aliphatic hydroxyl groups excluding tert-OH is 1. The van der Waals surface area contributed by atoms with Gasteiger partial charge in [-0.05, 0) is 37.1 Å². The van der Waals surface area contributed by atoms with E-state index < -0.39 is 12.0 Å². The van der Waals surface area contributed by atoms with E-state index in [1.165, 1.54) is 24.1 Å². The molecule has 2 aromatic carbocycles. The van der Waals surface area contributed by atoms with E-state index in [1.54, 1.807) is 31.2 Å². The molecular formula is C20H23NO5. The van der Waals surface area contributed by atoms with Gasteiger partial charge in [-0.25, -0.2) is 4.79 Å². The Morgan fingerprint density at radius 1 is 1.15 bits per heavy atom. The number of benzene rings is 2. The van der Waals surface area contributed by atoms with Gasteiger partial charge in [-0.15, -0.1) is 0 Å². The normalized spacial score (nSPS) is 11.7. The number of amides is 1. The van der Waals surface area contributed by atoms with E-state index in [-0.39, 0.29) is 24.7 Å². The maximum atomic E-state index is 13.1. The van der Waals surface area contributed by atoms with Crippen molar-refractivity contribution in [3.63, 3.8) is 0 Å². The van der Waals surface area contributed by atoms with Crippen LogP contribution in [0.3, 0.4) is 0 Å². The predicted octanol–water partition coefficient (Wildman–Crippen LogP) is 2.33. The number of hydrogen-bond acceptors (Lipinski definition) is 5. The van der Waals surface area contributed by atoms with Crippen LogP contribution in [-0.2, 0) is 27.4 Å². The highest BCUT2D eigenvalue weighted by Crippen LogP contribution is 2.28. The Hall–Kier alpha value is -2.86. The highest BCUT2D eigenvalue weighted by Gasteiger charge is 2.30. The first-order valence-electron chi connectivity index (χ1n) is 8.26. The molecule has 1 amide bonds. The molecule has 0 fully saturated rings. The Labute approximate surface area is 152 Å². The lowest BCUT2D eigenvalue weighted by Gasteiger charge is -2.30. The van der Waals surface area contributed by atoms with Crippen LogP contribution < -0.4 is 4.90 Å². The number of hydrogen-bond donors (Lipinski definition) is 2. The number of aryl methyl sites for hydroxylation is 1. The number of anilines is 1. The van der Waals surface area contributed by atoms with Crippen LogP contribution in [0.4, 0.5) is 5.69 Å². The molecule has 0 aliphatic heterocycles. The minimum Gasteiger partial charge on any atom is -0.508 e. The van der Waals surface area contributed by atoms with E-state index in [0.717, 1.165) is 5.56 Å². The highest BCUT2D eigenvalue weighted by molar-refractivity contribution is 6.01. The molecule has 6 nitrogen and oxygen atoms in total. The molecule has 2 N–H and O–H groups in total. The lowest BCUT2D eigenvalue weighted by molar-refractivity contribution is -0.143. The topological polar surface area (TPSA) is 87.1 Å². The zero-order valence-corrected chi connectivity index (χ0v) is 15.1. The Kier molecular flexibility index (Phi) is 6.36. The van der Waals surface area contributed by atoms with E-state index in [4.69, 9.17) is 4.74 Å². The van der Waals surface area contributed by atoms with Gasteiger partial charge in [0.2, 0.25) is 5.91 Å². The lowest BCUT2D eigenvalue weighted by atomic mass is 10.0. The number of ether oxygens (including phenoxy) is 1. The summed E-state index contributed by atoms with van der Waals surface area (Å²) in [7, 11) is 1.27. The van der Waals surface area contributed by atoms with E-state index in [1.807, 2.05) is 13.0 Å². The van der Waals surface area contributed by atoms with Crippen LogP contribution in [0.25, 0.3) is 0 Å². The van der Waals surface area contributed by atoms with Crippen molar-refractivity contribution >= 4 is 17.6 Å². The first-order valence-corrected chi connectivity index (χ1v) is 8.26. The molecule has 138 valence electrons. The van der Waals surface area contributed by atoms with Gasteiger partial charge in [0.1, 0.15) is 11.8 Å². The molecule has 0 aliphatic rings. The summed E-state index contributed by atoms with van der Waals surface area (Å²) in [5, 5.41) is 19.1. The number of phenolic OH excluding ortho intramolecular Hbond substituents is 1. The van der Waals surface area contributed by atoms with E-state index in [2.05, 4.69) is 0 Å². The van der Waals surface area contributed by atoms with Gasteiger partial charge >= 0.3 is 5.97 Å². The van der Waals surface area contributed by atoms with Crippen molar-refractivity contribution in [1.29, 1.82) is 0 Å². The van der Waals surface area contributed by atoms with Crippen LogP contribution in [0.15, 0.2) is 42.5 Å². The first-order chi connectivity index (χ1) is 12.4. The van der Waals surface area contributed by atoms with Gasteiger partial charge in [-0.3, -0.25) is 9.69 Å². The summed E-state index contributed by atoms with van der Waals surface area (Å²) in [6.45, 7) is 3.15. The average molecular weight is 357 g/mol. The van der Waals surface area contributed by atoms with Crippen molar-refractivity contribution in [3.05, 3.63) is 59.2 Å². The predicted molar refractivity (Wildman–Crippen MR) is 97.9 cm³/mol. The summed E-state index contributed by atoms with van der Waals surface area (Å²) in [4.78, 5) is 26.6. The van der Waals surface area contributed by atoms with Crippen molar-refractivity contribution in [2.24, 2.45) is 0 Å². The number of phenols is 1. The molecule has 0 heterocycles. The minimum atomic E-state index is -0.851. The molecule has 2 rings (SSSR count). The molecular weight excluding hydrogens is 334 g/mol. The van der Waals surface area contributed by atoms with Crippen LogP contribution in [0.5, 0.6) is 5.75 Å². The number of rotatable bonds is 6. The zero-order valence-electron chi connectivity index (χ0n) is 15.1. The Morgan fingerprint density at radius 2 is 1.81 bits per heavy atom. The number of esters is 1. The fourth-order valence-corrected chi connectivity index (χ4v) is 2.88. The first kappa shape index (κ1) is 19.5. The molecule has 0 aromatic heterocycles. The van der Waals surface area contributed by atoms with Crippen LogP contribution in [0.2, 0.25) is 0 Å². The number of para-hydroxylation sites is 1. The maximum Gasteiger partial charge on any atom is 0.328 e. The third kappa shape index (κ3) is 4.21. The molecule has 0 spiro atoms. The number of aliphatic hydroxyl groups is 1. The van der Waals surface area contributed by atoms with Gasteiger partial charge in [0.15, 0.2) is 0 Å². The molecule has 26 heavy (non-hydrogen) atoms. The van der Waals surface area contributed by atoms with Crippen molar-refractivity contribution in [2.45, 2.75) is 32.9 Å². The van der Waals surface area contributed by atoms with E-state index in [0.29, 0.717) is 16.8 Å². The van der Waals surface area contributed by atoms with Gasteiger partial charge in [-0.1, -0.05) is 30.3 Å². The molecule has 6 heteroatoms. The monoisotopic (exact) mass is 357 g/mol. The fraction of sp³-hybridized carbons (Fsp3) is 0.300. The summed E-state index contributed by atoms with van der Waals surface area (Å²) in [6, 6.07) is 10.8. The van der Waals surface area contributed by atoms with Crippen LogP contribution in [0.1, 0.15) is 23.6 Å². The third-order valence-corrected chi connectivity index (χ3v) is 4.22. The SMILES string of the molecule is COC(=O)C(C)N(C(=O)Cc1ccc(O)cc1)c1c(C)cccc1CO. The van der Waals surface area contributed by atoms with Crippen LogP contribution >= 0.6 is 0 Å². The quantitative estimate of drug-likeness (QED) is 0.775. The maximum absolute atomic E-state index is 13.1. The van der Waals surface area contributed by atoms with E-state index in [9.17, 15) is 19.8 Å². The van der Waals surface area contributed by atoms with E-state index >= 15 is 0 Å². The highest BCUT2D eigenvalue weighted by atomic mass is 16.5. The Morgan fingerprint density at radius 3 is 2.38 bits per heavy atom. The van der Waals surface area contributed by atoms with Gasteiger partial charge in [0.25, 0.3) is 0 Å². The van der Waals surface area contributed by atoms with Crippen LogP contribution in [-0.4, -0.2) is 35.2 Å². The Balaban J connectivity index is 2.46. The lowest BCUT2D eigenvalue weighted by Crippen LogP contribution is -2.45. The molecule has 1 unspecified atom stereocenters.